The van der Waals surface area contributed by atoms with Crippen molar-refractivity contribution >= 4 is 11.8 Å². The number of nitrogens with zero attached hydrogens (tertiary/aromatic N) is 2. The van der Waals surface area contributed by atoms with Crippen LogP contribution in [0.25, 0.3) is 0 Å². The zero-order valence-electron chi connectivity index (χ0n) is 14.1. The van der Waals surface area contributed by atoms with E-state index in [0.29, 0.717) is 24.6 Å². The Morgan fingerprint density at radius 3 is 2.57 bits per heavy atom. The van der Waals surface area contributed by atoms with Gasteiger partial charge >= 0.3 is 0 Å². The molecule has 0 saturated carbocycles. The van der Waals surface area contributed by atoms with Crippen LogP contribution in [0.3, 0.4) is 0 Å². The fourth-order valence-electron chi connectivity index (χ4n) is 3.00. The van der Waals surface area contributed by atoms with Crippen molar-refractivity contribution in [2.24, 2.45) is 11.7 Å². The number of hydrogen-bond acceptors (Lipinski definition) is 4. The summed E-state index contributed by atoms with van der Waals surface area (Å²) in [4.78, 5) is 30.1. The van der Waals surface area contributed by atoms with Gasteiger partial charge in [0.1, 0.15) is 0 Å². The number of likely N-dealkylation sites (tertiary alicyclic amines) is 1. The lowest BCUT2D eigenvalue weighted by molar-refractivity contribution is -0.133. The molecule has 1 aromatic heterocycles. The fraction of sp³-hybridized carbons (Fsp3) is 0.588. The van der Waals surface area contributed by atoms with Crippen LogP contribution < -0.4 is 11.1 Å². The number of piperidine rings is 1. The van der Waals surface area contributed by atoms with Crippen LogP contribution in [0.15, 0.2) is 18.3 Å². The molecule has 1 aromatic rings. The highest BCUT2D eigenvalue weighted by Gasteiger charge is 2.28. The number of nitrogens with one attached hydrogen (secondary N) is 1. The largest absolute Gasteiger partial charge is 0.349 e. The van der Waals surface area contributed by atoms with Crippen LogP contribution in [0, 0.1) is 12.8 Å². The molecule has 1 fully saturated rings. The lowest BCUT2D eigenvalue weighted by atomic mass is 9.90. The van der Waals surface area contributed by atoms with Crippen molar-refractivity contribution in [3.63, 3.8) is 0 Å². The Balaban J connectivity index is 1.86. The molecule has 2 unspecified atom stereocenters. The van der Waals surface area contributed by atoms with Gasteiger partial charge in [-0.3, -0.25) is 14.6 Å². The van der Waals surface area contributed by atoms with Crippen LogP contribution in [-0.4, -0.2) is 46.9 Å². The van der Waals surface area contributed by atoms with Crippen molar-refractivity contribution in [3.8, 4) is 0 Å². The molecule has 2 amide bonds. The van der Waals surface area contributed by atoms with Gasteiger partial charge < -0.3 is 16.0 Å². The number of aryl methyl sites for hydroxylation is 1. The normalized spacial score (nSPS) is 18.3. The van der Waals surface area contributed by atoms with E-state index in [4.69, 9.17) is 5.73 Å². The van der Waals surface area contributed by atoms with Crippen LogP contribution in [0.2, 0.25) is 0 Å². The molecular formula is C17H26N4O2. The van der Waals surface area contributed by atoms with Crippen LogP contribution in [0.5, 0.6) is 0 Å². The van der Waals surface area contributed by atoms with Crippen LogP contribution in [-0.2, 0) is 4.79 Å². The second-order valence-corrected chi connectivity index (χ2v) is 6.40. The zero-order chi connectivity index (χ0) is 17.0. The van der Waals surface area contributed by atoms with E-state index < -0.39 is 6.04 Å². The number of rotatable bonds is 4. The summed E-state index contributed by atoms with van der Waals surface area (Å²) in [5, 5.41) is 3.07. The van der Waals surface area contributed by atoms with E-state index in [0.717, 1.165) is 18.5 Å². The fourth-order valence-corrected chi connectivity index (χ4v) is 3.00. The molecular weight excluding hydrogens is 292 g/mol. The molecule has 0 bridgehead atoms. The Morgan fingerprint density at radius 2 is 2.00 bits per heavy atom. The lowest BCUT2D eigenvalue weighted by Crippen LogP contribution is -2.49. The molecule has 2 heterocycles. The average molecular weight is 318 g/mol. The first-order valence-electron chi connectivity index (χ1n) is 8.16. The first-order chi connectivity index (χ1) is 10.9. The number of nitrogens with two attached hydrogens (primary N) is 1. The summed E-state index contributed by atoms with van der Waals surface area (Å²) < 4.78 is 0. The maximum atomic E-state index is 12.3. The van der Waals surface area contributed by atoms with Gasteiger partial charge in [-0.25, -0.2) is 0 Å². The Labute approximate surface area is 137 Å². The molecule has 0 aliphatic carbocycles. The Hall–Kier alpha value is -1.95. The molecule has 3 N–H and O–H groups in total. The third-order valence-electron chi connectivity index (χ3n) is 4.47. The summed E-state index contributed by atoms with van der Waals surface area (Å²) >= 11 is 0. The van der Waals surface area contributed by atoms with E-state index in [1.165, 1.54) is 0 Å². The zero-order valence-corrected chi connectivity index (χ0v) is 14.1. The van der Waals surface area contributed by atoms with Crippen LogP contribution in [0.4, 0.5) is 0 Å². The monoisotopic (exact) mass is 318 g/mol. The molecule has 0 radical (unpaired) electrons. The Bertz CT molecular complexity index is 565. The van der Waals surface area contributed by atoms with E-state index in [9.17, 15) is 9.59 Å². The van der Waals surface area contributed by atoms with Gasteiger partial charge in [0.15, 0.2) is 0 Å². The summed E-state index contributed by atoms with van der Waals surface area (Å²) in [7, 11) is 0. The number of amides is 2. The van der Waals surface area contributed by atoms with Gasteiger partial charge in [0.05, 0.1) is 6.04 Å². The highest BCUT2D eigenvalue weighted by atomic mass is 16.2. The van der Waals surface area contributed by atoms with Crippen molar-refractivity contribution in [1.29, 1.82) is 0 Å². The quantitative estimate of drug-likeness (QED) is 0.870. The Kier molecular flexibility index (Phi) is 5.71. The summed E-state index contributed by atoms with van der Waals surface area (Å²) in [6, 6.07) is 3.13. The summed E-state index contributed by atoms with van der Waals surface area (Å²) in [6.07, 6.45) is 3.41. The van der Waals surface area contributed by atoms with Gasteiger partial charge in [0.25, 0.3) is 5.91 Å². The topological polar surface area (TPSA) is 88.3 Å². The highest BCUT2D eigenvalue weighted by Crippen LogP contribution is 2.21. The van der Waals surface area contributed by atoms with E-state index in [2.05, 4.69) is 10.3 Å². The first kappa shape index (κ1) is 17.4. The Morgan fingerprint density at radius 1 is 1.35 bits per heavy atom. The standard InChI is InChI=1S/C17H26N4O2/c1-11-10-15(4-7-19-11)16(22)20-13(3)14-5-8-21(9-6-14)17(23)12(2)18/h4,7,10,12-14H,5-6,8-9,18H2,1-3H3,(H,20,22). The maximum absolute atomic E-state index is 12.3. The highest BCUT2D eigenvalue weighted by molar-refractivity contribution is 5.94. The van der Waals surface area contributed by atoms with Crippen molar-refractivity contribution < 1.29 is 9.59 Å². The molecule has 1 saturated heterocycles. The molecule has 0 aromatic carbocycles. The minimum atomic E-state index is -0.446. The molecule has 6 heteroatoms. The molecule has 126 valence electrons. The average Bonchev–Trinajstić information content (AvgIpc) is 2.54. The van der Waals surface area contributed by atoms with E-state index >= 15 is 0 Å². The van der Waals surface area contributed by atoms with Crippen molar-refractivity contribution in [3.05, 3.63) is 29.6 Å². The third-order valence-corrected chi connectivity index (χ3v) is 4.47. The van der Waals surface area contributed by atoms with Crippen molar-refractivity contribution in [1.82, 2.24) is 15.2 Å². The minimum absolute atomic E-state index is 0.00685. The lowest BCUT2D eigenvalue weighted by Gasteiger charge is -2.35. The molecule has 6 nitrogen and oxygen atoms in total. The second kappa shape index (κ2) is 7.55. The molecule has 1 aliphatic rings. The van der Waals surface area contributed by atoms with E-state index in [1.807, 2.05) is 18.7 Å². The number of carbonyl (C=O) groups is 2. The van der Waals surface area contributed by atoms with Crippen LogP contribution in [0.1, 0.15) is 42.7 Å². The van der Waals surface area contributed by atoms with E-state index in [1.54, 1.807) is 25.3 Å². The molecule has 23 heavy (non-hydrogen) atoms. The molecule has 1 aliphatic heterocycles. The predicted molar refractivity (Wildman–Crippen MR) is 88.9 cm³/mol. The smallest absolute Gasteiger partial charge is 0.251 e. The van der Waals surface area contributed by atoms with Gasteiger partial charge in [-0.1, -0.05) is 0 Å². The van der Waals surface area contributed by atoms with E-state index in [-0.39, 0.29) is 17.9 Å². The molecule has 2 atom stereocenters. The SMILES string of the molecule is Cc1cc(C(=O)NC(C)C2CCN(C(=O)C(C)N)CC2)ccn1. The van der Waals surface area contributed by atoms with Gasteiger partial charge in [-0.05, 0) is 51.7 Å². The molecule has 2 rings (SSSR count). The first-order valence-corrected chi connectivity index (χ1v) is 8.16. The van der Waals surface area contributed by atoms with Crippen molar-refractivity contribution in [2.45, 2.75) is 45.7 Å². The number of pyridine rings is 1. The van der Waals surface area contributed by atoms with Gasteiger partial charge in [-0.15, -0.1) is 0 Å². The summed E-state index contributed by atoms with van der Waals surface area (Å²) in [5.74, 6) is 0.309. The number of aromatic nitrogens is 1. The third kappa shape index (κ3) is 4.51. The van der Waals surface area contributed by atoms with Gasteiger partial charge in [-0.2, -0.15) is 0 Å². The number of carbonyl (C=O) groups excluding carboxylic acids is 2. The van der Waals surface area contributed by atoms with Crippen molar-refractivity contribution in [2.75, 3.05) is 13.1 Å². The van der Waals surface area contributed by atoms with Crippen LogP contribution >= 0.6 is 0 Å². The van der Waals surface area contributed by atoms with Gasteiger partial charge in [0.2, 0.25) is 5.91 Å². The predicted octanol–water partition coefficient (Wildman–Crippen LogP) is 1.09. The summed E-state index contributed by atoms with van der Waals surface area (Å²) in [6.45, 7) is 7.03. The minimum Gasteiger partial charge on any atom is -0.349 e. The summed E-state index contributed by atoms with van der Waals surface area (Å²) in [5.41, 5.74) is 7.11. The second-order valence-electron chi connectivity index (χ2n) is 6.40. The maximum Gasteiger partial charge on any atom is 0.251 e. The molecule has 0 spiro atoms. The number of hydrogen-bond donors (Lipinski definition) is 2. The van der Waals surface area contributed by atoms with Gasteiger partial charge in [0, 0.05) is 36.6 Å².